The van der Waals surface area contributed by atoms with Crippen LogP contribution in [0, 0.1) is 18.6 Å². The minimum atomic E-state index is -1.01. The van der Waals surface area contributed by atoms with Gasteiger partial charge in [-0.1, -0.05) is 0 Å². The van der Waals surface area contributed by atoms with Crippen LogP contribution in [-0.2, 0) is 16.7 Å². The molecule has 1 saturated heterocycles. The topological polar surface area (TPSA) is 79.1 Å². The van der Waals surface area contributed by atoms with Crippen molar-refractivity contribution in [1.29, 1.82) is 0 Å². The largest absolute Gasteiger partial charge is 0.465 e. The number of fused-ring (bicyclic) bond motifs is 1. The molecule has 1 atom stereocenters. The van der Waals surface area contributed by atoms with E-state index in [1.54, 1.807) is 11.4 Å². The van der Waals surface area contributed by atoms with Crippen LogP contribution < -0.4 is 5.32 Å². The van der Waals surface area contributed by atoms with E-state index in [9.17, 15) is 9.90 Å². The molecule has 1 aromatic carbocycles. The zero-order valence-electron chi connectivity index (χ0n) is 18.6. The standard InChI is InChI=1S/C24H26F2N4O3/c1-14-3-6-30-19(12-16-13-29(23(31)32)7-8-33-16)22(28-20(30)9-14)21-17(25)10-15(11-18(21)26)24(27-2)4-5-24/h3,6,9-11,16,27H,4-5,7-8,12-13H2,1-2H3,(H,31,32)/t16-/m0/s1. The molecular formula is C24H26F2N4O3. The molecule has 3 aromatic rings. The number of aromatic nitrogens is 2. The Balaban J connectivity index is 1.59. The summed E-state index contributed by atoms with van der Waals surface area (Å²) < 4.78 is 38.4. The molecule has 5 rings (SSSR count). The fraction of sp³-hybridized carbons (Fsp3) is 0.417. The van der Waals surface area contributed by atoms with E-state index < -0.39 is 23.8 Å². The van der Waals surface area contributed by atoms with Gasteiger partial charge >= 0.3 is 6.09 Å². The quantitative estimate of drug-likeness (QED) is 0.612. The van der Waals surface area contributed by atoms with Gasteiger partial charge in [0.1, 0.15) is 17.3 Å². The van der Waals surface area contributed by atoms with Gasteiger partial charge in [0.15, 0.2) is 0 Å². The molecule has 2 fully saturated rings. The third-order valence-corrected chi connectivity index (χ3v) is 6.77. The molecule has 7 nitrogen and oxygen atoms in total. The second kappa shape index (κ2) is 8.07. The van der Waals surface area contributed by atoms with Gasteiger partial charge in [-0.2, -0.15) is 0 Å². The highest BCUT2D eigenvalue weighted by molar-refractivity contribution is 5.69. The fourth-order valence-corrected chi connectivity index (χ4v) is 4.71. The van der Waals surface area contributed by atoms with Gasteiger partial charge in [-0.15, -0.1) is 0 Å². The number of aryl methyl sites for hydroxylation is 1. The van der Waals surface area contributed by atoms with Gasteiger partial charge in [0, 0.05) is 24.7 Å². The van der Waals surface area contributed by atoms with E-state index in [1.807, 2.05) is 25.3 Å². The molecule has 3 heterocycles. The van der Waals surface area contributed by atoms with Gasteiger partial charge < -0.3 is 24.5 Å². The Morgan fingerprint density at radius 3 is 2.67 bits per heavy atom. The molecule has 9 heteroatoms. The Morgan fingerprint density at radius 1 is 1.30 bits per heavy atom. The number of amides is 1. The van der Waals surface area contributed by atoms with E-state index in [4.69, 9.17) is 4.74 Å². The zero-order valence-corrected chi connectivity index (χ0v) is 18.6. The maximum atomic E-state index is 15.4. The number of pyridine rings is 1. The summed E-state index contributed by atoms with van der Waals surface area (Å²) in [4.78, 5) is 17.3. The molecule has 0 unspecified atom stereocenters. The number of hydrogen-bond donors (Lipinski definition) is 2. The number of carbonyl (C=O) groups is 1. The Labute approximate surface area is 190 Å². The van der Waals surface area contributed by atoms with Crippen molar-refractivity contribution >= 4 is 11.7 Å². The number of hydrogen-bond acceptors (Lipinski definition) is 4. The number of carboxylic acid groups (broad SMARTS) is 1. The van der Waals surface area contributed by atoms with Crippen molar-refractivity contribution in [2.24, 2.45) is 0 Å². The van der Waals surface area contributed by atoms with E-state index in [1.165, 1.54) is 17.0 Å². The lowest BCUT2D eigenvalue weighted by Gasteiger charge is -2.31. The van der Waals surface area contributed by atoms with Gasteiger partial charge in [0.25, 0.3) is 0 Å². The van der Waals surface area contributed by atoms with Crippen molar-refractivity contribution in [3.8, 4) is 11.3 Å². The fourth-order valence-electron chi connectivity index (χ4n) is 4.71. The average molecular weight is 456 g/mol. The molecule has 33 heavy (non-hydrogen) atoms. The van der Waals surface area contributed by atoms with Crippen LogP contribution in [0.5, 0.6) is 0 Å². The first-order valence-electron chi connectivity index (χ1n) is 11.1. The molecule has 2 aromatic heterocycles. The molecule has 1 aliphatic heterocycles. The van der Waals surface area contributed by atoms with E-state index in [0.29, 0.717) is 23.4 Å². The van der Waals surface area contributed by atoms with Crippen molar-refractivity contribution in [1.82, 2.24) is 19.6 Å². The molecule has 1 aliphatic carbocycles. The number of imidazole rings is 1. The summed E-state index contributed by atoms with van der Waals surface area (Å²) in [5, 5.41) is 12.5. The summed E-state index contributed by atoms with van der Waals surface area (Å²) in [6.07, 6.45) is 2.30. The van der Waals surface area contributed by atoms with E-state index in [0.717, 1.165) is 18.4 Å². The maximum Gasteiger partial charge on any atom is 0.407 e. The highest BCUT2D eigenvalue weighted by atomic mass is 19.1. The number of benzene rings is 1. The normalized spacial score (nSPS) is 19.8. The SMILES string of the molecule is CNC1(c2cc(F)c(-c3nc4cc(C)ccn4c3C[C@H]3CN(C(=O)O)CCO3)c(F)c2)CC1. The lowest BCUT2D eigenvalue weighted by Crippen LogP contribution is -2.45. The summed E-state index contributed by atoms with van der Waals surface area (Å²) in [6.45, 7) is 2.67. The van der Waals surface area contributed by atoms with Crippen LogP contribution in [-0.4, -0.2) is 58.3 Å². The van der Waals surface area contributed by atoms with Crippen molar-refractivity contribution in [2.45, 2.75) is 37.8 Å². The Bertz CT molecular complexity index is 1210. The summed E-state index contributed by atoms with van der Waals surface area (Å²) in [7, 11) is 1.80. The van der Waals surface area contributed by atoms with Crippen molar-refractivity contribution in [2.75, 3.05) is 26.7 Å². The van der Waals surface area contributed by atoms with Gasteiger partial charge in [0.2, 0.25) is 0 Å². The molecule has 1 amide bonds. The van der Waals surface area contributed by atoms with E-state index in [-0.39, 0.29) is 36.4 Å². The summed E-state index contributed by atoms with van der Waals surface area (Å²) in [5.41, 5.74) is 2.40. The van der Waals surface area contributed by atoms with Crippen LogP contribution in [0.4, 0.5) is 13.6 Å². The Kier molecular flexibility index (Phi) is 5.33. The number of morpholine rings is 1. The van der Waals surface area contributed by atoms with Crippen molar-refractivity contribution < 1.29 is 23.4 Å². The van der Waals surface area contributed by atoms with Crippen LogP contribution in [0.25, 0.3) is 16.9 Å². The maximum absolute atomic E-state index is 15.4. The van der Waals surface area contributed by atoms with Crippen LogP contribution in [0.1, 0.15) is 29.7 Å². The molecule has 2 N–H and O–H groups in total. The van der Waals surface area contributed by atoms with Gasteiger partial charge in [-0.3, -0.25) is 0 Å². The van der Waals surface area contributed by atoms with Gasteiger partial charge in [-0.25, -0.2) is 18.6 Å². The first kappa shape index (κ1) is 21.8. The number of nitrogens with one attached hydrogen (secondary N) is 1. The van der Waals surface area contributed by atoms with Crippen LogP contribution in [0.15, 0.2) is 30.5 Å². The number of ether oxygens (including phenoxy) is 1. The zero-order chi connectivity index (χ0) is 23.3. The first-order chi connectivity index (χ1) is 15.8. The predicted octanol–water partition coefficient (Wildman–Crippen LogP) is 3.72. The third-order valence-electron chi connectivity index (χ3n) is 6.77. The van der Waals surface area contributed by atoms with E-state index in [2.05, 4.69) is 10.3 Å². The number of nitrogens with zero attached hydrogens (tertiary/aromatic N) is 3. The molecular weight excluding hydrogens is 430 g/mol. The van der Waals surface area contributed by atoms with Gasteiger partial charge in [0.05, 0.1) is 36.2 Å². The molecule has 0 bridgehead atoms. The first-order valence-corrected chi connectivity index (χ1v) is 11.1. The summed E-state index contributed by atoms with van der Waals surface area (Å²) in [5.74, 6) is -1.32. The number of rotatable bonds is 5. The minimum absolute atomic E-state index is 0.173. The molecule has 2 aliphatic rings. The van der Waals surface area contributed by atoms with E-state index >= 15 is 8.78 Å². The monoisotopic (exact) mass is 456 g/mol. The van der Waals surface area contributed by atoms with Crippen molar-refractivity contribution in [3.63, 3.8) is 0 Å². The molecule has 1 saturated carbocycles. The predicted molar refractivity (Wildman–Crippen MR) is 118 cm³/mol. The summed E-state index contributed by atoms with van der Waals surface area (Å²) >= 11 is 0. The lowest BCUT2D eigenvalue weighted by molar-refractivity contribution is -0.0214. The second-order valence-corrected chi connectivity index (χ2v) is 8.91. The van der Waals surface area contributed by atoms with Crippen LogP contribution >= 0.6 is 0 Å². The molecule has 0 spiro atoms. The lowest BCUT2D eigenvalue weighted by atomic mass is 9.98. The Hall–Kier alpha value is -3.04. The number of halogens is 2. The highest BCUT2D eigenvalue weighted by Gasteiger charge is 2.43. The minimum Gasteiger partial charge on any atom is -0.465 e. The second-order valence-electron chi connectivity index (χ2n) is 8.91. The van der Waals surface area contributed by atoms with Crippen LogP contribution in [0.3, 0.4) is 0 Å². The Morgan fingerprint density at radius 2 is 2.03 bits per heavy atom. The third kappa shape index (κ3) is 3.85. The smallest absolute Gasteiger partial charge is 0.407 e. The highest BCUT2D eigenvalue weighted by Crippen LogP contribution is 2.46. The van der Waals surface area contributed by atoms with Crippen molar-refractivity contribution in [3.05, 3.63) is 58.9 Å². The molecule has 174 valence electrons. The average Bonchev–Trinajstić information content (AvgIpc) is 3.52. The van der Waals surface area contributed by atoms with Gasteiger partial charge in [-0.05, 0) is 62.2 Å². The van der Waals surface area contributed by atoms with Crippen LogP contribution in [0.2, 0.25) is 0 Å². The molecule has 0 radical (unpaired) electrons. The summed E-state index contributed by atoms with van der Waals surface area (Å²) in [6, 6.07) is 6.53.